The molecule has 0 radical (unpaired) electrons. The van der Waals surface area contributed by atoms with Crippen LogP contribution in [0, 0.1) is 0 Å². The van der Waals surface area contributed by atoms with E-state index in [2.05, 4.69) is 10.3 Å². The van der Waals surface area contributed by atoms with E-state index in [1.807, 2.05) is 66.1 Å². The predicted octanol–water partition coefficient (Wildman–Crippen LogP) is 4.59. The maximum absolute atomic E-state index is 13.1. The lowest BCUT2D eigenvalue weighted by Crippen LogP contribution is -2.19. The first-order valence-electron chi connectivity index (χ1n) is 10.1. The molecule has 158 valence electrons. The van der Waals surface area contributed by atoms with Gasteiger partial charge < -0.3 is 14.6 Å². The van der Waals surface area contributed by atoms with Crippen LogP contribution in [0.2, 0.25) is 0 Å². The number of hydrogen-bond donors (Lipinski definition) is 1. The monoisotopic (exact) mass is 433 g/mol. The van der Waals surface area contributed by atoms with Gasteiger partial charge in [0.15, 0.2) is 4.80 Å². The lowest BCUT2D eigenvalue weighted by atomic mass is 10.0. The summed E-state index contributed by atoms with van der Waals surface area (Å²) >= 11 is 1.42. The molecule has 0 atom stereocenters. The molecule has 0 saturated carbocycles. The van der Waals surface area contributed by atoms with Crippen molar-refractivity contribution in [2.45, 2.75) is 20.4 Å². The molecule has 1 N–H and O–H groups in total. The Morgan fingerprint density at radius 3 is 2.71 bits per heavy atom. The molecule has 4 rings (SSSR count). The van der Waals surface area contributed by atoms with Crippen LogP contribution in [0.3, 0.4) is 0 Å². The van der Waals surface area contributed by atoms with E-state index in [1.165, 1.54) is 18.3 Å². The summed E-state index contributed by atoms with van der Waals surface area (Å²) in [7, 11) is 0. The molecule has 6 nitrogen and oxygen atoms in total. The number of amides is 2. The molecule has 4 aromatic rings. The third-order valence-electron chi connectivity index (χ3n) is 4.88. The van der Waals surface area contributed by atoms with Crippen molar-refractivity contribution in [2.24, 2.45) is 4.99 Å². The highest BCUT2D eigenvalue weighted by Crippen LogP contribution is 2.23. The first-order chi connectivity index (χ1) is 15.1. The minimum absolute atomic E-state index is 0.129. The van der Waals surface area contributed by atoms with Crippen LogP contribution in [-0.4, -0.2) is 29.6 Å². The van der Waals surface area contributed by atoms with Crippen molar-refractivity contribution in [1.29, 1.82) is 0 Å². The van der Waals surface area contributed by atoms with Gasteiger partial charge in [-0.2, -0.15) is 4.99 Å². The average molecular weight is 434 g/mol. The maximum Gasteiger partial charge on any atom is 0.280 e. The second-order valence-corrected chi connectivity index (χ2v) is 8.05. The van der Waals surface area contributed by atoms with E-state index in [9.17, 15) is 9.59 Å². The molecule has 1 heterocycles. The lowest BCUT2D eigenvalue weighted by Gasteiger charge is -2.07. The van der Waals surface area contributed by atoms with Crippen molar-refractivity contribution < 1.29 is 14.3 Å². The predicted molar refractivity (Wildman–Crippen MR) is 124 cm³/mol. The number of carbonyl (C=O) groups is 2. The zero-order valence-corrected chi connectivity index (χ0v) is 18.2. The van der Waals surface area contributed by atoms with Crippen molar-refractivity contribution in [2.75, 3.05) is 18.5 Å². The SMILES string of the molecule is CCOCCn1c(=NC(=O)c2cccc3ccccc23)sc2cc(NC(C)=O)ccc21. The van der Waals surface area contributed by atoms with Gasteiger partial charge in [0.2, 0.25) is 5.91 Å². The van der Waals surface area contributed by atoms with E-state index in [0.29, 0.717) is 35.8 Å². The molecule has 0 aliphatic carbocycles. The number of benzene rings is 3. The van der Waals surface area contributed by atoms with Gasteiger partial charge in [-0.1, -0.05) is 47.7 Å². The maximum atomic E-state index is 13.1. The molecule has 3 aromatic carbocycles. The van der Waals surface area contributed by atoms with Crippen LogP contribution in [0.1, 0.15) is 24.2 Å². The lowest BCUT2D eigenvalue weighted by molar-refractivity contribution is -0.114. The summed E-state index contributed by atoms with van der Waals surface area (Å²) in [5.41, 5.74) is 2.24. The fourth-order valence-electron chi connectivity index (χ4n) is 3.51. The summed E-state index contributed by atoms with van der Waals surface area (Å²) < 4.78 is 8.47. The Hall–Kier alpha value is -3.29. The minimum atomic E-state index is -0.282. The molecule has 0 bridgehead atoms. The van der Waals surface area contributed by atoms with Crippen molar-refractivity contribution in [3.05, 3.63) is 71.0 Å². The third kappa shape index (κ3) is 4.57. The van der Waals surface area contributed by atoms with E-state index in [0.717, 1.165) is 21.0 Å². The zero-order chi connectivity index (χ0) is 21.8. The van der Waals surface area contributed by atoms with Gasteiger partial charge in [-0.3, -0.25) is 9.59 Å². The van der Waals surface area contributed by atoms with E-state index in [1.54, 1.807) is 6.07 Å². The molecule has 31 heavy (non-hydrogen) atoms. The second-order valence-electron chi connectivity index (χ2n) is 7.04. The molecule has 0 saturated heterocycles. The molecule has 7 heteroatoms. The van der Waals surface area contributed by atoms with Crippen molar-refractivity contribution in [3.8, 4) is 0 Å². The van der Waals surface area contributed by atoms with Crippen molar-refractivity contribution in [1.82, 2.24) is 4.57 Å². The summed E-state index contributed by atoms with van der Waals surface area (Å²) in [5, 5.41) is 4.69. The summed E-state index contributed by atoms with van der Waals surface area (Å²) in [6, 6.07) is 19.1. The number of fused-ring (bicyclic) bond motifs is 2. The number of aromatic nitrogens is 1. The average Bonchev–Trinajstić information content (AvgIpc) is 3.09. The van der Waals surface area contributed by atoms with Crippen molar-refractivity contribution >= 4 is 49.8 Å². The zero-order valence-electron chi connectivity index (χ0n) is 17.4. The highest BCUT2D eigenvalue weighted by molar-refractivity contribution is 7.16. The molecule has 0 spiro atoms. The van der Waals surface area contributed by atoms with Crippen LogP contribution in [0.4, 0.5) is 5.69 Å². The van der Waals surface area contributed by atoms with Gasteiger partial charge in [0.25, 0.3) is 5.91 Å². The third-order valence-corrected chi connectivity index (χ3v) is 5.92. The van der Waals surface area contributed by atoms with Crippen LogP contribution in [0.5, 0.6) is 0 Å². The highest BCUT2D eigenvalue weighted by atomic mass is 32.1. The van der Waals surface area contributed by atoms with Crippen molar-refractivity contribution in [3.63, 3.8) is 0 Å². The topological polar surface area (TPSA) is 72.7 Å². The van der Waals surface area contributed by atoms with Crippen LogP contribution in [0.25, 0.3) is 21.0 Å². The second kappa shape index (κ2) is 9.24. The highest BCUT2D eigenvalue weighted by Gasteiger charge is 2.12. The van der Waals surface area contributed by atoms with Gasteiger partial charge in [0, 0.05) is 31.3 Å². The van der Waals surface area contributed by atoms with Gasteiger partial charge in [-0.05, 0) is 42.0 Å². The molecule has 1 aromatic heterocycles. The molecular formula is C24H23N3O3S. The molecule has 2 amide bonds. The van der Waals surface area contributed by atoms with Gasteiger partial charge in [0.1, 0.15) is 0 Å². The van der Waals surface area contributed by atoms with Crippen LogP contribution in [0.15, 0.2) is 65.7 Å². The Bertz CT molecular complexity index is 1330. The fourth-order valence-corrected chi connectivity index (χ4v) is 4.61. The molecule has 0 unspecified atom stereocenters. The summed E-state index contributed by atoms with van der Waals surface area (Å²) in [5.74, 6) is -0.410. The van der Waals surface area contributed by atoms with E-state index >= 15 is 0 Å². The van der Waals surface area contributed by atoms with Crippen LogP contribution in [-0.2, 0) is 16.1 Å². The van der Waals surface area contributed by atoms with E-state index in [-0.39, 0.29) is 11.8 Å². The van der Waals surface area contributed by atoms with Gasteiger partial charge >= 0.3 is 0 Å². The summed E-state index contributed by atoms with van der Waals surface area (Å²) in [6.07, 6.45) is 0. The van der Waals surface area contributed by atoms with Gasteiger partial charge in [0.05, 0.1) is 16.8 Å². The minimum Gasteiger partial charge on any atom is -0.380 e. The quantitative estimate of drug-likeness (QED) is 0.452. The number of nitrogens with one attached hydrogen (secondary N) is 1. The van der Waals surface area contributed by atoms with Gasteiger partial charge in [-0.25, -0.2) is 0 Å². The number of carbonyl (C=O) groups excluding carboxylic acids is 2. The first kappa shape index (κ1) is 21.0. The normalized spacial score (nSPS) is 11.9. The van der Waals surface area contributed by atoms with E-state index < -0.39 is 0 Å². The smallest absolute Gasteiger partial charge is 0.280 e. The molecular weight excluding hydrogens is 410 g/mol. The van der Waals surface area contributed by atoms with Gasteiger partial charge in [-0.15, -0.1) is 0 Å². The number of thiazole rings is 1. The number of anilines is 1. The number of ether oxygens (including phenoxy) is 1. The largest absolute Gasteiger partial charge is 0.380 e. The Morgan fingerprint density at radius 2 is 1.90 bits per heavy atom. The Kier molecular flexibility index (Phi) is 6.25. The Morgan fingerprint density at radius 1 is 1.10 bits per heavy atom. The molecule has 0 fully saturated rings. The van der Waals surface area contributed by atoms with Crippen LogP contribution < -0.4 is 10.1 Å². The number of rotatable bonds is 6. The summed E-state index contributed by atoms with van der Waals surface area (Å²) in [6.45, 7) is 5.15. The number of hydrogen-bond acceptors (Lipinski definition) is 4. The molecule has 0 aliphatic rings. The summed E-state index contributed by atoms with van der Waals surface area (Å²) in [4.78, 5) is 29.6. The number of nitrogens with zero attached hydrogens (tertiary/aromatic N) is 2. The standard InChI is InChI=1S/C24H23N3O3S/c1-3-30-14-13-27-21-12-11-18(25-16(2)28)15-22(21)31-24(27)26-23(29)20-10-6-8-17-7-4-5-9-19(17)20/h4-12,15H,3,13-14H2,1-2H3,(H,25,28). The first-order valence-corrected chi connectivity index (χ1v) is 10.9. The Balaban J connectivity index is 1.81. The molecule has 0 aliphatic heterocycles. The Labute approximate surface area is 183 Å². The fraction of sp³-hybridized carbons (Fsp3) is 0.208. The van der Waals surface area contributed by atoms with Crippen LogP contribution >= 0.6 is 11.3 Å². The van der Waals surface area contributed by atoms with E-state index in [4.69, 9.17) is 4.74 Å².